The van der Waals surface area contributed by atoms with Crippen LogP contribution in [0.4, 0.5) is 13.2 Å². The fourth-order valence-corrected chi connectivity index (χ4v) is 1.77. The van der Waals surface area contributed by atoms with Gasteiger partial charge in [-0.05, 0) is 12.1 Å². The topological polar surface area (TPSA) is 22.1 Å². The Hall–Kier alpha value is -1.75. The number of benzene rings is 1. The van der Waals surface area contributed by atoms with Crippen LogP contribution in [-0.4, -0.2) is 4.98 Å². The van der Waals surface area contributed by atoms with Gasteiger partial charge in [-0.1, -0.05) is 29.8 Å². The van der Waals surface area contributed by atoms with E-state index in [9.17, 15) is 13.2 Å². The van der Waals surface area contributed by atoms with Crippen molar-refractivity contribution in [3.63, 3.8) is 0 Å². The molecular formula is C13H8ClF3NO. The molecule has 99 valence electrons. The van der Waals surface area contributed by atoms with Gasteiger partial charge in [0.25, 0.3) is 0 Å². The van der Waals surface area contributed by atoms with Gasteiger partial charge in [0.15, 0.2) is 0 Å². The Kier molecular flexibility index (Phi) is 3.95. The van der Waals surface area contributed by atoms with Crippen molar-refractivity contribution in [3.05, 3.63) is 58.9 Å². The highest BCUT2D eigenvalue weighted by Gasteiger charge is 2.36. The number of hydrogen-bond donors (Lipinski definition) is 0. The zero-order chi connectivity index (χ0) is 13.9. The Morgan fingerprint density at radius 1 is 1.26 bits per heavy atom. The second-order valence-corrected chi connectivity index (χ2v) is 4.03. The van der Waals surface area contributed by atoms with Crippen LogP contribution in [0, 0.1) is 6.07 Å². The lowest BCUT2D eigenvalue weighted by molar-refractivity contribution is -0.138. The standard InChI is InChI=1S/C13H8ClF3NO/c14-10-6-7-18-11(12(10)13(15,16)17)8-19-9-4-2-1-3-5-9/h1-4,6-7H,8H2. The molecule has 19 heavy (non-hydrogen) atoms. The first-order valence-electron chi connectivity index (χ1n) is 5.28. The second kappa shape index (κ2) is 5.48. The van der Waals surface area contributed by atoms with E-state index in [1.165, 1.54) is 6.20 Å². The number of rotatable bonds is 3. The van der Waals surface area contributed by atoms with Crippen LogP contribution in [-0.2, 0) is 12.8 Å². The fraction of sp³-hybridized carbons (Fsp3) is 0.154. The van der Waals surface area contributed by atoms with Gasteiger partial charge in [0, 0.05) is 12.3 Å². The molecule has 6 heteroatoms. The Morgan fingerprint density at radius 2 is 2.05 bits per heavy atom. The summed E-state index contributed by atoms with van der Waals surface area (Å²) in [6, 6.07) is 10.5. The number of halogens is 4. The molecule has 1 aromatic carbocycles. The van der Waals surface area contributed by atoms with Gasteiger partial charge < -0.3 is 4.74 Å². The largest absolute Gasteiger partial charge is 0.487 e. The van der Waals surface area contributed by atoms with Crippen LogP contribution in [0.5, 0.6) is 5.75 Å². The SMILES string of the molecule is FC(F)(F)c1c(Cl)ccnc1COc1[c]cccc1. The molecule has 2 aromatic rings. The molecule has 2 rings (SSSR count). The molecule has 0 spiro atoms. The summed E-state index contributed by atoms with van der Waals surface area (Å²) in [5.74, 6) is 0.345. The summed E-state index contributed by atoms with van der Waals surface area (Å²) >= 11 is 5.57. The first-order chi connectivity index (χ1) is 8.98. The molecule has 1 heterocycles. The highest BCUT2D eigenvalue weighted by Crippen LogP contribution is 2.36. The maximum absolute atomic E-state index is 12.8. The predicted octanol–water partition coefficient (Wildman–Crippen LogP) is 4.13. The molecule has 0 fully saturated rings. The van der Waals surface area contributed by atoms with Gasteiger partial charge in [-0.25, -0.2) is 0 Å². The van der Waals surface area contributed by atoms with E-state index in [-0.39, 0.29) is 12.3 Å². The summed E-state index contributed by atoms with van der Waals surface area (Å²) < 4.78 is 43.7. The van der Waals surface area contributed by atoms with Crippen molar-refractivity contribution in [1.29, 1.82) is 0 Å². The fourth-order valence-electron chi connectivity index (χ4n) is 1.50. The number of nitrogens with zero attached hydrogens (tertiary/aromatic N) is 1. The van der Waals surface area contributed by atoms with Crippen LogP contribution < -0.4 is 4.74 Å². The molecule has 1 aromatic heterocycles. The van der Waals surface area contributed by atoms with Crippen molar-refractivity contribution in [2.75, 3.05) is 0 Å². The monoisotopic (exact) mass is 286 g/mol. The van der Waals surface area contributed by atoms with Gasteiger partial charge in [0.2, 0.25) is 0 Å². The predicted molar refractivity (Wildman–Crippen MR) is 63.9 cm³/mol. The molecule has 0 aliphatic heterocycles. The van der Waals surface area contributed by atoms with Gasteiger partial charge in [-0.15, -0.1) is 0 Å². The molecule has 0 aliphatic carbocycles. The first-order valence-corrected chi connectivity index (χ1v) is 5.66. The van der Waals surface area contributed by atoms with Gasteiger partial charge in [-0.3, -0.25) is 4.98 Å². The van der Waals surface area contributed by atoms with E-state index < -0.39 is 16.8 Å². The molecule has 0 atom stereocenters. The molecule has 1 radical (unpaired) electrons. The van der Waals surface area contributed by atoms with Crippen molar-refractivity contribution in [1.82, 2.24) is 4.98 Å². The van der Waals surface area contributed by atoms with E-state index in [0.717, 1.165) is 6.07 Å². The Balaban J connectivity index is 2.24. The minimum Gasteiger partial charge on any atom is -0.487 e. The Labute approximate surface area is 112 Å². The second-order valence-electron chi connectivity index (χ2n) is 3.63. The molecule has 0 amide bonds. The minimum atomic E-state index is -4.57. The molecule has 0 bridgehead atoms. The van der Waals surface area contributed by atoms with E-state index in [2.05, 4.69) is 11.1 Å². The lowest BCUT2D eigenvalue weighted by Gasteiger charge is -2.13. The average molecular weight is 287 g/mol. The third-order valence-electron chi connectivity index (χ3n) is 2.31. The summed E-state index contributed by atoms with van der Waals surface area (Å²) in [5, 5.41) is -0.391. The highest BCUT2D eigenvalue weighted by atomic mass is 35.5. The molecule has 0 saturated carbocycles. The lowest BCUT2D eigenvalue weighted by Crippen LogP contribution is -2.13. The summed E-state index contributed by atoms with van der Waals surface area (Å²) in [5.41, 5.74) is -1.22. The molecule has 0 N–H and O–H groups in total. The maximum atomic E-state index is 12.8. The molecule has 2 nitrogen and oxygen atoms in total. The van der Waals surface area contributed by atoms with Gasteiger partial charge >= 0.3 is 6.18 Å². The number of para-hydroxylation sites is 1. The highest BCUT2D eigenvalue weighted by molar-refractivity contribution is 6.31. The van der Waals surface area contributed by atoms with E-state index in [1.807, 2.05) is 0 Å². The van der Waals surface area contributed by atoms with Gasteiger partial charge in [-0.2, -0.15) is 13.2 Å². The summed E-state index contributed by atoms with van der Waals surface area (Å²) in [6.07, 6.45) is -3.35. The molecular weight excluding hydrogens is 279 g/mol. The van der Waals surface area contributed by atoms with Crippen LogP contribution in [0.1, 0.15) is 11.3 Å². The molecule has 0 unspecified atom stereocenters. The molecule has 0 aliphatic rings. The van der Waals surface area contributed by atoms with Crippen LogP contribution >= 0.6 is 11.6 Å². The Bertz CT molecular complexity index is 558. The van der Waals surface area contributed by atoms with Gasteiger partial charge in [0.05, 0.1) is 16.3 Å². The third-order valence-corrected chi connectivity index (χ3v) is 2.62. The van der Waals surface area contributed by atoms with Crippen molar-refractivity contribution >= 4 is 11.6 Å². The average Bonchev–Trinajstić information content (AvgIpc) is 2.36. The number of ether oxygens (including phenoxy) is 1. The van der Waals surface area contributed by atoms with Crippen LogP contribution in [0.2, 0.25) is 5.02 Å². The van der Waals surface area contributed by atoms with E-state index >= 15 is 0 Å². The van der Waals surface area contributed by atoms with Crippen molar-refractivity contribution < 1.29 is 17.9 Å². The minimum absolute atomic E-state index is 0.253. The van der Waals surface area contributed by atoms with Gasteiger partial charge in [0.1, 0.15) is 12.4 Å². The number of hydrogen-bond acceptors (Lipinski definition) is 2. The smallest absolute Gasteiger partial charge is 0.419 e. The number of alkyl halides is 3. The maximum Gasteiger partial charge on any atom is 0.419 e. The summed E-state index contributed by atoms with van der Waals surface area (Å²) in [7, 11) is 0. The zero-order valence-electron chi connectivity index (χ0n) is 9.54. The number of pyridine rings is 1. The van der Waals surface area contributed by atoms with Crippen molar-refractivity contribution in [2.45, 2.75) is 12.8 Å². The summed E-state index contributed by atoms with van der Waals surface area (Å²) in [4.78, 5) is 3.68. The third kappa shape index (κ3) is 3.38. The molecule has 0 saturated heterocycles. The summed E-state index contributed by atoms with van der Waals surface area (Å²) in [6.45, 7) is -0.323. The first kappa shape index (κ1) is 13.7. The quantitative estimate of drug-likeness (QED) is 0.846. The lowest BCUT2D eigenvalue weighted by atomic mass is 10.2. The van der Waals surface area contributed by atoms with Crippen LogP contribution in [0.3, 0.4) is 0 Å². The Morgan fingerprint density at radius 3 is 2.68 bits per heavy atom. The van der Waals surface area contributed by atoms with Crippen molar-refractivity contribution in [3.8, 4) is 5.75 Å². The van der Waals surface area contributed by atoms with Crippen molar-refractivity contribution in [2.24, 2.45) is 0 Å². The van der Waals surface area contributed by atoms with Crippen LogP contribution in [0.25, 0.3) is 0 Å². The van der Waals surface area contributed by atoms with E-state index in [4.69, 9.17) is 16.3 Å². The van der Waals surface area contributed by atoms with E-state index in [1.54, 1.807) is 24.3 Å². The van der Waals surface area contributed by atoms with E-state index in [0.29, 0.717) is 5.75 Å². The zero-order valence-corrected chi connectivity index (χ0v) is 10.3. The van der Waals surface area contributed by atoms with Crippen LogP contribution in [0.15, 0.2) is 36.5 Å². The normalized spacial score (nSPS) is 11.4. The number of aromatic nitrogens is 1.